The van der Waals surface area contributed by atoms with E-state index in [1.807, 2.05) is 12.1 Å². The van der Waals surface area contributed by atoms with E-state index >= 15 is 0 Å². The van der Waals surface area contributed by atoms with E-state index in [0.717, 1.165) is 12.2 Å². The van der Waals surface area contributed by atoms with E-state index in [4.69, 9.17) is 9.84 Å². The van der Waals surface area contributed by atoms with Crippen LogP contribution < -0.4 is 4.74 Å². The normalized spacial score (nSPS) is 16.3. The molecule has 1 aromatic carbocycles. The monoisotopic (exact) mass is 236 g/mol. The summed E-state index contributed by atoms with van der Waals surface area (Å²) in [5.74, 6) is 1.58. The van der Waals surface area contributed by atoms with Crippen molar-refractivity contribution >= 4 is 0 Å². The zero-order chi connectivity index (χ0) is 12.8. The Labute approximate surface area is 105 Å². The predicted octanol–water partition coefficient (Wildman–Crippen LogP) is 3.60. The highest BCUT2D eigenvalue weighted by Crippen LogP contribution is 2.25. The topological polar surface area (TPSA) is 29.5 Å². The number of ether oxygens (including phenoxy) is 1. The molecule has 0 aliphatic rings. The Morgan fingerprint density at radius 2 is 1.71 bits per heavy atom. The molecule has 0 heterocycles. The molecule has 0 fully saturated rings. The summed E-state index contributed by atoms with van der Waals surface area (Å²) in [5, 5.41) is 9.15. The Hall–Kier alpha value is -1.02. The van der Waals surface area contributed by atoms with Crippen molar-refractivity contribution in [1.29, 1.82) is 0 Å². The van der Waals surface area contributed by atoms with Gasteiger partial charge in [-0.25, -0.2) is 0 Å². The number of rotatable bonds is 6. The van der Waals surface area contributed by atoms with Crippen LogP contribution >= 0.6 is 0 Å². The van der Waals surface area contributed by atoms with Crippen LogP contribution in [0.3, 0.4) is 0 Å². The van der Waals surface area contributed by atoms with Crippen molar-refractivity contribution in [2.24, 2.45) is 5.92 Å². The van der Waals surface area contributed by atoms with Gasteiger partial charge in [0.25, 0.3) is 0 Å². The molecule has 1 rings (SSSR count). The van der Waals surface area contributed by atoms with E-state index in [0.29, 0.717) is 5.92 Å². The number of benzene rings is 1. The second-order valence-corrected chi connectivity index (χ2v) is 4.85. The van der Waals surface area contributed by atoms with Crippen LogP contribution in [0.15, 0.2) is 24.3 Å². The molecule has 0 aliphatic heterocycles. The Balaban J connectivity index is 2.67. The lowest BCUT2D eigenvalue weighted by Gasteiger charge is -2.19. The van der Waals surface area contributed by atoms with Crippen molar-refractivity contribution in [2.45, 2.75) is 46.1 Å². The lowest BCUT2D eigenvalue weighted by Crippen LogP contribution is -2.11. The summed E-state index contributed by atoms with van der Waals surface area (Å²) in [7, 11) is 0. The molecule has 0 radical (unpaired) electrons. The molecule has 3 unspecified atom stereocenters. The molecule has 17 heavy (non-hydrogen) atoms. The maximum absolute atomic E-state index is 9.15. The van der Waals surface area contributed by atoms with E-state index in [1.54, 1.807) is 0 Å². The first-order valence-corrected chi connectivity index (χ1v) is 6.46. The second-order valence-electron chi connectivity index (χ2n) is 4.85. The summed E-state index contributed by atoms with van der Waals surface area (Å²) < 4.78 is 5.74. The van der Waals surface area contributed by atoms with Crippen LogP contribution in [0.5, 0.6) is 5.75 Å². The van der Waals surface area contributed by atoms with Crippen molar-refractivity contribution in [1.82, 2.24) is 0 Å². The van der Waals surface area contributed by atoms with Gasteiger partial charge in [-0.15, -0.1) is 0 Å². The molecular formula is C15H24O2. The van der Waals surface area contributed by atoms with Gasteiger partial charge in [0.2, 0.25) is 0 Å². The van der Waals surface area contributed by atoms with E-state index in [1.165, 1.54) is 5.56 Å². The number of aliphatic hydroxyl groups excluding tert-OH is 1. The van der Waals surface area contributed by atoms with Gasteiger partial charge in [-0.1, -0.05) is 32.9 Å². The van der Waals surface area contributed by atoms with E-state index in [-0.39, 0.29) is 18.6 Å². The molecule has 1 N–H and O–H groups in total. The summed E-state index contributed by atoms with van der Waals surface area (Å²) in [5.41, 5.74) is 1.25. The van der Waals surface area contributed by atoms with Gasteiger partial charge in [0.05, 0.1) is 6.10 Å². The minimum atomic E-state index is 0.228. The molecule has 0 spiro atoms. The predicted molar refractivity (Wildman–Crippen MR) is 71.5 cm³/mol. The van der Waals surface area contributed by atoms with Crippen molar-refractivity contribution in [3.63, 3.8) is 0 Å². The fourth-order valence-electron chi connectivity index (χ4n) is 1.65. The summed E-state index contributed by atoms with van der Waals surface area (Å²) >= 11 is 0. The molecule has 1 aromatic rings. The van der Waals surface area contributed by atoms with Crippen LogP contribution in [0.4, 0.5) is 0 Å². The van der Waals surface area contributed by atoms with Crippen molar-refractivity contribution < 1.29 is 9.84 Å². The Morgan fingerprint density at radius 1 is 1.12 bits per heavy atom. The molecule has 2 nitrogen and oxygen atoms in total. The fourth-order valence-corrected chi connectivity index (χ4v) is 1.65. The first kappa shape index (κ1) is 14.0. The van der Waals surface area contributed by atoms with Crippen LogP contribution in [-0.2, 0) is 0 Å². The molecule has 0 bridgehead atoms. The zero-order valence-corrected chi connectivity index (χ0v) is 11.3. The largest absolute Gasteiger partial charge is 0.491 e. The van der Waals surface area contributed by atoms with Gasteiger partial charge < -0.3 is 9.84 Å². The molecule has 0 amide bonds. The molecule has 2 heteroatoms. The number of hydrogen-bond acceptors (Lipinski definition) is 2. The smallest absolute Gasteiger partial charge is 0.119 e. The fraction of sp³-hybridized carbons (Fsp3) is 0.600. The van der Waals surface area contributed by atoms with Gasteiger partial charge in [0.1, 0.15) is 5.75 Å². The van der Waals surface area contributed by atoms with Gasteiger partial charge in [-0.2, -0.15) is 0 Å². The third kappa shape index (κ3) is 4.04. The molecule has 0 saturated carbocycles. The average Bonchev–Trinajstić information content (AvgIpc) is 2.37. The van der Waals surface area contributed by atoms with Crippen LogP contribution in [-0.4, -0.2) is 17.8 Å². The van der Waals surface area contributed by atoms with Gasteiger partial charge >= 0.3 is 0 Å². The molecule has 96 valence electrons. The lowest BCUT2D eigenvalue weighted by molar-refractivity contribution is 0.216. The SMILES string of the molecule is CCC(C)Oc1ccc(C(C)C(C)CO)cc1. The first-order chi connectivity index (χ1) is 8.08. The highest BCUT2D eigenvalue weighted by atomic mass is 16.5. The zero-order valence-electron chi connectivity index (χ0n) is 11.3. The summed E-state index contributed by atoms with van der Waals surface area (Å²) in [4.78, 5) is 0. The molecule has 0 aromatic heterocycles. The number of hydrogen-bond donors (Lipinski definition) is 1. The van der Waals surface area contributed by atoms with Gasteiger partial charge in [0, 0.05) is 6.61 Å². The Morgan fingerprint density at radius 3 is 2.18 bits per heavy atom. The maximum atomic E-state index is 9.15. The maximum Gasteiger partial charge on any atom is 0.119 e. The van der Waals surface area contributed by atoms with Crippen molar-refractivity contribution in [2.75, 3.05) is 6.61 Å². The third-order valence-corrected chi connectivity index (χ3v) is 3.46. The second kappa shape index (κ2) is 6.65. The minimum Gasteiger partial charge on any atom is -0.491 e. The van der Waals surface area contributed by atoms with Crippen LogP contribution in [0, 0.1) is 5.92 Å². The van der Waals surface area contributed by atoms with Gasteiger partial charge in [-0.05, 0) is 42.9 Å². The minimum absolute atomic E-state index is 0.228. The molecule has 0 saturated heterocycles. The van der Waals surface area contributed by atoms with E-state index in [2.05, 4.69) is 39.8 Å². The number of aliphatic hydroxyl groups is 1. The van der Waals surface area contributed by atoms with E-state index < -0.39 is 0 Å². The van der Waals surface area contributed by atoms with Crippen LogP contribution in [0.25, 0.3) is 0 Å². The van der Waals surface area contributed by atoms with Crippen LogP contribution in [0.2, 0.25) is 0 Å². The Bertz CT molecular complexity index is 318. The quantitative estimate of drug-likeness (QED) is 0.817. The first-order valence-electron chi connectivity index (χ1n) is 6.46. The summed E-state index contributed by atoms with van der Waals surface area (Å²) in [6.45, 7) is 8.63. The Kier molecular flexibility index (Phi) is 5.49. The molecule has 0 aliphatic carbocycles. The highest BCUT2D eigenvalue weighted by molar-refractivity contribution is 5.29. The van der Waals surface area contributed by atoms with Gasteiger partial charge in [0.15, 0.2) is 0 Å². The summed E-state index contributed by atoms with van der Waals surface area (Å²) in [6, 6.07) is 8.22. The average molecular weight is 236 g/mol. The molecular weight excluding hydrogens is 212 g/mol. The van der Waals surface area contributed by atoms with Crippen molar-refractivity contribution in [3.8, 4) is 5.75 Å². The van der Waals surface area contributed by atoms with Gasteiger partial charge in [-0.3, -0.25) is 0 Å². The third-order valence-electron chi connectivity index (χ3n) is 3.46. The molecule has 3 atom stereocenters. The highest BCUT2D eigenvalue weighted by Gasteiger charge is 2.13. The van der Waals surface area contributed by atoms with Crippen molar-refractivity contribution in [3.05, 3.63) is 29.8 Å². The standard InChI is InChI=1S/C15H24O2/c1-5-12(3)17-15-8-6-14(7-9-15)13(4)11(2)10-16/h6-9,11-13,16H,5,10H2,1-4H3. The van der Waals surface area contributed by atoms with Crippen LogP contribution in [0.1, 0.15) is 45.6 Å². The summed E-state index contributed by atoms with van der Waals surface area (Å²) in [6.07, 6.45) is 1.27. The lowest BCUT2D eigenvalue weighted by atomic mass is 9.89. The van der Waals surface area contributed by atoms with E-state index in [9.17, 15) is 0 Å².